The van der Waals surface area contributed by atoms with Crippen LogP contribution in [0.5, 0.6) is 0 Å². The van der Waals surface area contributed by atoms with E-state index >= 15 is 0 Å². The summed E-state index contributed by atoms with van der Waals surface area (Å²) >= 11 is 0. The first kappa shape index (κ1) is 14.4. The number of aromatic nitrogens is 2. The second-order valence-corrected chi connectivity index (χ2v) is 6.38. The van der Waals surface area contributed by atoms with E-state index in [-0.39, 0.29) is 11.0 Å². The number of hydrogen-bond acceptors (Lipinski definition) is 2. The average molecular weight is 273 g/mol. The zero-order chi connectivity index (χ0) is 15.1. The molecule has 2 N–H and O–H groups in total. The van der Waals surface area contributed by atoms with Gasteiger partial charge in [0, 0.05) is 12.5 Å². The molecule has 2 aromatic rings. The lowest BCUT2D eigenvalue weighted by atomic mass is 9.91. The molecule has 108 valence electrons. The third kappa shape index (κ3) is 2.50. The maximum Gasteiger partial charge on any atom is 0.290 e. The minimum absolute atomic E-state index is 0.113. The number of rotatable bonds is 2. The van der Waals surface area contributed by atoms with Gasteiger partial charge in [-0.25, -0.2) is 4.68 Å². The van der Waals surface area contributed by atoms with Gasteiger partial charge in [0.05, 0.1) is 12.2 Å². The number of benzene rings is 1. The monoisotopic (exact) mass is 273 g/mol. The first-order chi connectivity index (χ1) is 9.21. The van der Waals surface area contributed by atoms with Crippen molar-refractivity contribution in [3.8, 4) is 0 Å². The highest BCUT2D eigenvalue weighted by atomic mass is 16.1. The highest BCUT2D eigenvalue weighted by molar-refractivity contribution is 5.45. The molecular formula is C16H23N3O. The van der Waals surface area contributed by atoms with Crippen molar-refractivity contribution in [3.63, 3.8) is 0 Å². The summed E-state index contributed by atoms with van der Waals surface area (Å²) in [5.74, 6) is 0. The number of hydrogen-bond donors (Lipinski definition) is 1. The van der Waals surface area contributed by atoms with Crippen LogP contribution < -0.4 is 11.3 Å². The lowest BCUT2D eigenvalue weighted by molar-refractivity contribution is 0.461. The summed E-state index contributed by atoms with van der Waals surface area (Å²) in [6.45, 7) is 8.78. The smallest absolute Gasteiger partial charge is 0.290 e. The third-order valence-corrected chi connectivity index (χ3v) is 3.57. The summed E-state index contributed by atoms with van der Waals surface area (Å²) in [6.07, 6.45) is 0. The molecule has 0 saturated carbocycles. The Morgan fingerprint density at radius 1 is 1.15 bits per heavy atom. The van der Waals surface area contributed by atoms with Crippen LogP contribution in [0, 0.1) is 6.92 Å². The Kier molecular flexibility index (Phi) is 3.50. The summed E-state index contributed by atoms with van der Waals surface area (Å²) < 4.78 is 3.58. The highest BCUT2D eigenvalue weighted by Gasteiger charge is 2.25. The van der Waals surface area contributed by atoms with Gasteiger partial charge in [0.25, 0.3) is 5.56 Å². The topological polar surface area (TPSA) is 52.9 Å². The van der Waals surface area contributed by atoms with Gasteiger partial charge in [0.15, 0.2) is 0 Å². The molecule has 0 aliphatic carbocycles. The molecule has 1 aromatic carbocycles. The summed E-state index contributed by atoms with van der Waals surface area (Å²) in [6, 6.07) is 8.19. The molecule has 1 aromatic heterocycles. The molecule has 0 bridgehead atoms. The van der Waals surface area contributed by atoms with Gasteiger partial charge in [0.2, 0.25) is 0 Å². The molecule has 2 rings (SSSR count). The highest BCUT2D eigenvalue weighted by Crippen LogP contribution is 2.25. The lowest BCUT2D eigenvalue weighted by Crippen LogP contribution is -2.24. The fourth-order valence-corrected chi connectivity index (χ4v) is 2.61. The van der Waals surface area contributed by atoms with Crippen LogP contribution in [0.2, 0.25) is 0 Å². The van der Waals surface area contributed by atoms with E-state index in [2.05, 4.69) is 32.9 Å². The van der Waals surface area contributed by atoms with Crippen LogP contribution in [0.15, 0.2) is 29.1 Å². The van der Waals surface area contributed by atoms with Gasteiger partial charge in [-0.2, -0.15) is 0 Å². The van der Waals surface area contributed by atoms with Crippen LogP contribution in [-0.4, -0.2) is 9.36 Å². The molecule has 0 atom stereocenters. The van der Waals surface area contributed by atoms with Crippen molar-refractivity contribution in [1.29, 1.82) is 0 Å². The molecule has 0 amide bonds. The van der Waals surface area contributed by atoms with Gasteiger partial charge in [-0.1, -0.05) is 50.6 Å². The Bertz CT molecular complexity index is 669. The van der Waals surface area contributed by atoms with Gasteiger partial charge in [-0.15, -0.1) is 0 Å². The predicted octanol–water partition coefficient (Wildman–Crippen LogP) is 2.42. The maximum absolute atomic E-state index is 12.3. The Labute approximate surface area is 119 Å². The Morgan fingerprint density at radius 2 is 1.70 bits per heavy atom. The standard InChI is InChI=1S/C16H23N3O/c1-11-6-8-12(9-7-11)10-19-15(20)13(17)14(18(19)5)16(2,3)4/h6-9H,10,17H2,1-5H3. The van der Waals surface area contributed by atoms with E-state index < -0.39 is 0 Å². The summed E-state index contributed by atoms with van der Waals surface area (Å²) in [5, 5.41) is 0. The molecule has 4 nitrogen and oxygen atoms in total. The Morgan fingerprint density at radius 3 is 2.15 bits per heavy atom. The summed E-state index contributed by atoms with van der Waals surface area (Å²) in [4.78, 5) is 12.3. The van der Waals surface area contributed by atoms with Crippen molar-refractivity contribution in [2.75, 3.05) is 5.73 Å². The molecule has 0 spiro atoms. The average Bonchev–Trinajstić information content (AvgIpc) is 2.55. The number of nitrogens with two attached hydrogens (primary N) is 1. The number of nitrogen functional groups attached to an aromatic ring is 1. The molecule has 0 unspecified atom stereocenters. The molecular weight excluding hydrogens is 250 g/mol. The lowest BCUT2D eigenvalue weighted by Gasteiger charge is -2.21. The van der Waals surface area contributed by atoms with Gasteiger partial charge in [-0.05, 0) is 12.5 Å². The molecule has 0 saturated heterocycles. The first-order valence-corrected chi connectivity index (χ1v) is 6.83. The Hall–Kier alpha value is -1.97. The van der Waals surface area contributed by atoms with E-state index in [9.17, 15) is 4.79 Å². The maximum atomic E-state index is 12.3. The van der Waals surface area contributed by atoms with E-state index in [4.69, 9.17) is 5.73 Å². The van der Waals surface area contributed by atoms with Crippen molar-refractivity contribution in [3.05, 3.63) is 51.4 Å². The van der Waals surface area contributed by atoms with E-state index in [1.165, 1.54) is 5.56 Å². The van der Waals surface area contributed by atoms with Crippen molar-refractivity contribution >= 4 is 5.69 Å². The van der Waals surface area contributed by atoms with Gasteiger partial charge >= 0.3 is 0 Å². The molecule has 1 heterocycles. The normalized spacial score (nSPS) is 11.8. The Balaban J connectivity index is 2.48. The third-order valence-electron chi connectivity index (χ3n) is 3.57. The van der Waals surface area contributed by atoms with Crippen LogP contribution in [0.1, 0.15) is 37.6 Å². The van der Waals surface area contributed by atoms with Crippen LogP contribution in [0.4, 0.5) is 5.69 Å². The molecule has 0 fully saturated rings. The first-order valence-electron chi connectivity index (χ1n) is 6.83. The van der Waals surface area contributed by atoms with E-state index in [0.717, 1.165) is 11.3 Å². The van der Waals surface area contributed by atoms with Crippen molar-refractivity contribution < 1.29 is 0 Å². The predicted molar refractivity (Wildman–Crippen MR) is 83.1 cm³/mol. The zero-order valence-corrected chi connectivity index (χ0v) is 12.9. The SMILES string of the molecule is Cc1ccc(Cn2c(=O)c(N)c(C(C)(C)C)n2C)cc1. The molecule has 4 heteroatoms. The quantitative estimate of drug-likeness (QED) is 0.913. The van der Waals surface area contributed by atoms with E-state index in [1.807, 2.05) is 30.8 Å². The minimum Gasteiger partial charge on any atom is -0.393 e. The summed E-state index contributed by atoms with van der Waals surface area (Å²) in [5.41, 5.74) is 9.29. The van der Waals surface area contributed by atoms with Crippen LogP contribution in [0.3, 0.4) is 0 Å². The van der Waals surface area contributed by atoms with Gasteiger partial charge in [0.1, 0.15) is 5.69 Å². The van der Waals surface area contributed by atoms with E-state index in [0.29, 0.717) is 12.2 Å². The van der Waals surface area contributed by atoms with Crippen molar-refractivity contribution in [1.82, 2.24) is 9.36 Å². The molecule has 20 heavy (non-hydrogen) atoms. The number of anilines is 1. The second-order valence-electron chi connectivity index (χ2n) is 6.38. The van der Waals surface area contributed by atoms with Crippen molar-refractivity contribution in [2.24, 2.45) is 7.05 Å². The summed E-state index contributed by atoms with van der Waals surface area (Å²) in [7, 11) is 1.90. The largest absolute Gasteiger partial charge is 0.393 e. The van der Waals surface area contributed by atoms with Crippen LogP contribution in [0.25, 0.3) is 0 Å². The molecule has 0 aliphatic rings. The number of aryl methyl sites for hydroxylation is 1. The van der Waals surface area contributed by atoms with Crippen LogP contribution >= 0.6 is 0 Å². The fraction of sp³-hybridized carbons (Fsp3) is 0.438. The number of nitrogens with zero attached hydrogens (tertiary/aromatic N) is 2. The fourth-order valence-electron chi connectivity index (χ4n) is 2.61. The van der Waals surface area contributed by atoms with Gasteiger partial charge in [-0.3, -0.25) is 9.48 Å². The zero-order valence-electron chi connectivity index (χ0n) is 12.9. The second kappa shape index (κ2) is 4.85. The molecule has 0 radical (unpaired) electrons. The van der Waals surface area contributed by atoms with E-state index in [1.54, 1.807) is 4.68 Å². The van der Waals surface area contributed by atoms with Crippen LogP contribution in [-0.2, 0) is 19.0 Å². The van der Waals surface area contributed by atoms with Gasteiger partial charge < -0.3 is 5.73 Å². The molecule has 0 aliphatic heterocycles. The van der Waals surface area contributed by atoms with Crippen molar-refractivity contribution in [2.45, 2.75) is 39.7 Å². The minimum atomic E-state index is -0.156.